The van der Waals surface area contributed by atoms with Crippen molar-refractivity contribution in [1.29, 1.82) is 0 Å². The average molecular weight is 258 g/mol. The van der Waals surface area contributed by atoms with Crippen LogP contribution in [0, 0.1) is 5.92 Å². The molecule has 1 aliphatic rings. The normalized spacial score (nSPS) is 19.8. The summed E-state index contributed by atoms with van der Waals surface area (Å²) in [5, 5.41) is 0.971. The van der Waals surface area contributed by atoms with Gasteiger partial charge in [0.25, 0.3) is 5.91 Å². The number of carbonyl (C=O) groups excluding carboxylic acids is 1. The van der Waals surface area contributed by atoms with Crippen molar-refractivity contribution in [2.24, 2.45) is 11.7 Å². The van der Waals surface area contributed by atoms with E-state index in [9.17, 15) is 4.79 Å². The zero-order chi connectivity index (χ0) is 13.2. The van der Waals surface area contributed by atoms with Crippen LogP contribution in [0.2, 0.25) is 0 Å². The summed E-state index contributed by atoms with van der Waals surface area (Å²) in [5.74, 6) is 0.829. The number of furan rings is 1. The molecule has 1 amide bonds. The van der Waals surface area contributed by atoms with Gasteiger partial charge in [-0.2, -0.15) is 0 Å². The van der Waals surface area contributed by atoms with Crippen molar-refractivity contribution in [3.8, 4) is 0 Å². The molecule has 4 heteroatoms. The van der Waals surface area contributed by atoms with Gasteiger partial charge in [0.15, 0.2) is 5.76 Å². The fourth-order valence-electron chi connectivity index (χ4n) is 2.69. The second-order valence-corrected chi connectivity index (χ2v) is 5.14. The van der Waals surface area contributed by atoms with Crippen LogP contribution in [-0.4, -0.2) is 30.4 Å². The molecule has 2 aromatic rings. The third-order valence-electron chi connectivity index (χ3n) is 3.78. The van der Waals surface area contributed by atoms with Crippen molar-refractivity contribution in [1.82, 2.24) is 4.90 Å². The summed E-state index contributed by atoms with van der Waals surface area (Å²) >= 11 is 0. The summed E-state index contributed by atoms with van der Waals surface area (Å²) in [5.41, 5.74) is 6.47. The molecule has 1 fully saturated rings. The van der Waals surface area contributed by atoms with Crippen LogP contribution in [0.15, 0.2) is 34.7 Å². The maximum atomic E-state index is 12.4. The number of piperidine rings is 1. The highest BCUT2D eigenvalue weighted by atomic mass is 16.3. The SMILES string of the molecule is NCC1CCCN(C(=O)c2cc3ccccc3o2)C1. The van der Waals surface area contributed by atoms with Gasteiger partial charge >= 0.3 is 0 Å². The van der Waals surface area contributed by atoms with Gasteiger partial charge in [-0.1, -0.05) is 18.2 Å². The summed E-state index contributed by atoms with van der Waals surface area (Å²) in [6, 6.07) is 9.51. The minimum atomic E-state index is -0.0191. The number of likely N-dealkylation sites (tertiary alicyclic amines) is 1. The molecule has 2 N–H and O–H groups in total. The van der Waals surface area contributed by atoms with Crippen LogP contribution in [0.25, 0.3) is 11.0 Å². The molecule has 1 aromatic heterocycles. The van der Waals surface area contributed by atoms with E-state index in [4.69, 9.17) is 10.2 Å². The standard InChI is InChI=1S/C15H18N2O2/c16-9-11-4-3-7-17(10-11)15(18)14-8-12-5-1-2-6-13(12)19-14/h1-2,5-6,8,11H,3-4,7,9-10,16H2. The zero-order valence-electron chi connectivity index (χ0n) is 10.8. The van der Waals surface area contributed by atoms with Gasteiger partial charge in [-0.3, -0.25) is 4.79 Å². The van der Waals surface area contributed by atoms with Crippen molar-refractivity contribution >= 4 is 16.9 Å². The van der Waals surface area contributed by atoms with Crippen LogP contribution in [0.4, 0.5) is 0 Å². The van der Waals surface area contributed by atoms with E-state index in [-0.39, 0.29) is 5.91 Å². The van der Waals surface area contributed by atoms with Gasteiger partial charge in [0.05, 0.1) is 0 Å². The Hall–Kier alpha value is -1.81. The summed E-state index contributed by atoms with van der Waals surface area (Å²) < 4.78 is 5.63. The number of benzene rings is 1. The number of nitrogens with zero attached hydrogens (tertiary/aromatic N) is 1. The van der Waals surface area contributed by atoms with Crippen LogP contribution >= 0.6 is 0 Å². The lowest BCUT2D eigenvalue weighted by Gasteiger charge is -2.31. The lowest BCUT2D eigenvalue weighted by atomic mass is 9.98. The molecule has 1 unspecified atom stereocenters. The Morgan fingerprint density at radius 2 is 2.26 bits per heavy atom. The molecule has 0 spiro atoms. The average Bonchev–Trinajstić information content (AvgIpc) is 2.90. The maximum Gasteiger partial charge on any atom is 0.289 e. The van der Waals surface area contributed by atoms with E-state index in [0.29, 0.717) is 18.2 Å². The van der Waals surface area contributed by atoms with Crippen LogP contribution in [0.1, 0.15) is 23.4 Å². The second-order valence-electron chi connectivity index (χ2n) is 5.14. The molecule has 0 aliphatic carbocycles. The van der Waals surface area contributed by atoms with Crippen molar-refractivity contribution in [2.45, 2.75) is 12.8 Å². The fraction of sp³-hybridized carbons (Fsp3) is 0.400. The number of para-hydroxylation sites is 1. The van der Waals surface area contributed by atoms with E-state index < -0.39 is 0 Å². The maximum absolute atomic E-state index is 12.4. The first-order valence-electron chi connectivity index (χ1n) is 6.76. The lowest BCUT2D eigenvalue weighted by Crippen LogP contribution is -2.41. The highest BCUT2D eigenvalue weighted by molar-refractivity contribution is 5.96. The number of rotatable bonds is 2. The van der Waals surface area contributed by atoms with Crippen molar-refractivity contribution < 1.29 is 9.21 Å². The van der Waals surface area contributed by atoms with E-state index in [1.807, 2.05) is 35.2 Å². The minimum absolute atomic E-state index is 0.0191. The number of amides is 1. The van der Waals surface area contributed by atoms with Gasteiger partial charge in [0, 0.05) is 18.5 Å². The Labute approximate surface area is 112 Å². The molecule has 100 valence electrons. The van der Waals surface area contributed by atoms with Crippen LogP contribution in [-0.2, 0) is 0 Å². The number of nitrogens with two attached hydrogens (primary N) is 1. The molecule has 3 rings (SSSR count). The quantitative estimate of drug-likeness (QED) is 0.898. The highest BCUT2D eigenvalue weighted by Crippen LogP contribution is 2.22. The highest BCUT2D eigenvalue weighted by Gasteiger charge is 2.25. The van der Waals surface area contributed by atoms with E-state index in [0.717, 1.165) is 36.9 Å². The molecule has 19 heavy (non-hydrogen) atoms. The predicted octanol–water partition coefficient (Wildman–Crippen LogP) is 2.24. The summed E-state index contributed by atoms with van der Waals surface area (Å²) in [6.45, 7) is 2.18. The molecule has 1 saturated heterocycles. The van der Waals surface area contributed by atoms with E-state index in [1.54, 1.807) is 0 Å². The van der Waals surface area contributed by atoms with Crippen molar-refractivity contribution in [2.75, 3.05) is 19.6 Å². The number of hydrogen-bond acceptors (Lipinski definition) is 3. The molecule has 1 aromatic carbocycles. The van der Waals surface area contributed by atoms with Gasteiger partial charge in [0.1, 0.15) is 5.58 Å². The molecule has 1 aliphatic heterocycles. The molecular weight excluding hydrogens is 240 g/mol. The molecule has 0 radical (unpaired) electrons. The number of hydrogen-bond donors (Lipinski definition) is 1. The molecular formula is C15H18N2O2. The van der Waals surface area contributed by atoms with E-state index in [1.165, 1.54) is 0 Å². The lowest BCUT2D eigenvalue weighted by molar-refractivity contribution is 0.0648. The third-order valence-corrected chi connectivity index (χ3v) is 3.78. The van der Waals surface area contributed by atoms with Gasteiger partial charge < -0.3 is 15.1 Å². The summed E-state index contributed by atoms with van der Waals surface area (Å²) in [4.78, 5) is 14.3. The van der Waals surface area contributed by atoms with Crippen molar-refractivity contribution in [3.05, 3.63) is 36.1 Å². The van der Waals surface area contributed by atoms with Crippen molar-refractivity contribution in [3.63, 3.8) is 0 Å². The van der Waals surface area contributed by atoms with Crippen LogP contribution < -0.4 is 5.73 Å². The Bertz CT molecular complexity index is 558. The van der Waals surface area contributed by atoms with Gasteiger partial charge in [-0.05, 0) is 37.4 Å². The first kappa shape index (κ1) is 12.2. The smallest absolute Gasteiger partial charge is 0.289 e. The topological polar surface area (TPSA) is 59.5 Å². The zero-order valence-corrected chi connectivity index (χ0v) is 10.8. The molecule has 0 saturated carbocycles. The number of fused-ring (bicyclic) bond motifs is 1. The Kier molecular flexibility index (Phi) is 3.25. The monoisotopic (exact) mass is 258 g/mol. The molecule has 1 atom stereocenters. The summed E-state index contributed by atoms with van der Waals surface area (Å²) in [6.07, 6.45) is 2.13. The predicted molar refractivity (Wildman–Crippen MR) is 73.9 cm³/mol. The summed E-state index contributed by atoms with van der Waals surface area (Å²) in [7, 11) is 0. The third kappa shape index (κ3) is 2.36. The Morgan fingerprint density at radius 3 is 3.05 bits per heavy atom. The van der Waals surface area contributed by atoms with Gasteiger partial charge in [-0.15, -0.1) is 0 Å². The second kappa shape index (κ2) is 5.05. The first-order chi connectivity index (χ1) is 9.28. The fourth-order valence-corrected chi connectivity index (χ4v) is 2.69. The molecule has 2 heterocycles. The molecule has 0 bridgehead atoms. The first-order valence-corrected chi connectivity index (χ1v) is 6.76. The Balaban J connectivity index is 1.82. The minimum Gasteiger partial charge on any atom is -0.451 e. The van der Waals surface area contributed by atoms with Crippen LogP contribution in [0.5, 0.6) is 0 Å². The number of carbonyl (C=O) groups is 1. The Morgan fingerprint density at radius 1 is 1.42 bits per heavy atom. The van der Waals surface area contributed by atoms with E-state index >= 15 is 0 Å². The van der Waals surface area contributed by atoms with Gasteiger partial charge in [0.2, 0.25) is 0 Å². The van der Waals surface area contributed by atoms with E-state index in [2.05, 4.69) is 0 Å². The molecule has 4 nitrogen and oxygen atoms in total. The van der Waals surface area contributed by atoms with Crippen LogP contribution in [0.3, 0.4) is 0 Å². The largest absolute Gasteiger partial charge is 0.451 e. The van der Waals surface area contributed by atoms with Gasteiger partial charge in [-0.25, -0.2) is 0 Å².